The highest BCUT2D eigenvalue weighted by atomic mass is 32.2. The quantitative estimate of drug-likeness (QED) is 0.694. The Morgan fingerprint density at radius 1 is 1.07 bits per heavy atom. The lowest BCUT2D eigenvalue weighted by Crippen LogP contribution is -2.48. The molecule has 0 aliphatic carbocycles. The Hall–Kier alpha value is -2.58. The second kappa shape index (κ2) is 9.57. The molecule has 0 saturated heterocycles. The van der Waals surface area contributed by atoms with Gasteiger partial charge in [0.05, 0.1) is 11.7 Å². The van der Waals surface area contributed by atoms with Gasteiger partial charge < -0.3 is 10.1 Å². The van der Waals surface area contributed by atoms with E-state index >= 15 is 0 Å². The number of aryl methyl sites for hydroxylation is 1. The van der Waals surface area contributed by atoms with Gasteiger partial charge in [0.2, 0.25) is 5.91 Å². The maximum Gasteiger partial charge on any atom is 0.304 e. The van der Waals surface area contributed by atoms with Crippen molar-refractivity contribution in [3.05, 3.63) is 60.2 Å². The van der Waals surface area contributed by atoms with Crippen LogP contribution in [0.5, 0.6) is 5.75 Å². The summed E-state index contributed by atoms with van der Waals surface area (Å²) in [5, 5.41) is 2.79. The van der Waals surface area contributed by atoms with Crippen molar-refractivity contribution in [3.63, 3.8) is 0 Å². The first kappa shape index (κ1) is 21.7. The van der Waals surface area contributed by atoms with Crippen molar-refractivity contribution < 1.29 is 17.9 Å². The Bertz CT molecular complexity index is 885. The van der Waals surface area contributed by atoms with E-state index < -0.39 is 16.1 Å². The van der Waals surface area contributed by atoms with E-state index in [2.05, 4.69) is 5.32 Å². The summed E-state index contributed by atoms with van der Waals surface area (Å²) in [5.41, 5.74) is 1.43. The number of anilines is 1. The van der Waals surface area contributed by atoms with Gasteiger partial charge in [-0.1, -0.05) is 36.4 Å². The predicted molar refractivity (Wildman–Crippen MR) is 111 cm³/mol. The van der Waals surface area contributed by atoms with Crippen LogP contribution in [0.1, 0.15) is 12.5 Å². The van der Waals surface area contributed by atoms with Crippen molar-refractivity contribution in [3.8, 4) is 5.75 Å². The van der Waals surface area contributed by atoms with Gasteiger partial charge in [0.15, 0.2) is 0 Å². The molecule has 28 heavy (non-hydrogen) atoms. The molecule has 8 heteroatoms. The minimum absolute atomic E-state index is 0.280. The highest BCUT2D eigenvalue weighted by Crippen LogP contribution is 2.19. The molecule has 2 rings (SSSR count). The summed E-state index contributed by atoms with van der Waals surface area (Å²) in [5.74, 6) is 0.347. The fraction of sp³-hybridized carbons (Fsp3) is 0.350. The largest absolute Gasteiger partial charge is 0.491 e. The van der Waals surface area contributed by atoms with Crippen LogP contribution in [-0.2, 0) is 15.0 Å². The molecule has 0 radical (unpaired) electrons. The van der Waals surface area contributed by atoms with Gasteiger partial charge >= 0.3 is 10.2 Å². The molecular formula is C20H27N3O4S. The van der Waals surface area contributed by atoms with Crippen LogP contribution in [0.2, 0.25) is 0 Å². The molecule has 1 amide bonds. The topological polar surface area (TPSA) is 79.0 Å². The van der Waals surface area contributed by atoms with E-state index in [-0.39, 0.29) is 19.2 Å². The molecule has 0 aliphatic heterocycles. The van der Waals surface area contributed by atoms with E-state index in [4.69, 9.17) is 4.74 Å². The Morgan fingerprint density at radius 2 is 1.68 bits per heavy atom. The first-order valence-electron chi connectivity index (χ1n) is 8.95. The minimum Gasteiger partial charge on any atom is -0.491 e. The van der Waals surface area contributed by atoms with Crippen LogP contribution in [0.25, 0.3) is 0 Å². The van der Waals surface area contributed by atoms with Crippen LogP contribution in [-0.4, -0.2) is 51.9 Å². The summed E-state index contributed by atoms with van der Waals surface area (Å²) in [4.78, 5) is 12.5. The molecule has 0 heterocycles. The summed E-state index contributed by atoms with van der Waals surface area (Å²) in [6, 6.07) is 15.9. The zero-order chi connectivity index (χ0) is 20.7. The van der Waals surface area contributed by atoms with Crippen LogP contribution in [0, 0.1) is 6.92 Å². The zero-order valence-electron chi connectivity index (χ0n) is 16.6. The second-order valence-corrected chi connectivity index (χ2v) is 8.74. The van der Waals surface area contributed by atoms with Crippen LogP contribution in [0.4, 0.5) is 5.69 Å². The number of carbonyl (C=O) groups is 1. The molecule has 0 spiro atoms. The first-order valence-corrected chi connectivity index (χ1v) is 10.3. The normalized spacial score (nSPS) is 12.5. The molecule has 0 fully saturated rings. The number of amides is 1. The Morgan fingerprint density at radius 3 is 2.29 bits per heavy atom. The van der Waals surface area contributed by atoms with Crippen molar-refractivity contribution in [2.75, 3.05) is 31.6 Å². The average molecular weight is 406 g/mol. The molecule has 0 aliphatic rings. The summed E-state index contributed by atoms with van der Waals surface area (Å²) in [7, 11) is -0.944. The van der Waals surface area contributed by atoms with Crippen molar-refractivity contribution in [2.24, 2.45) is 0 Å². The fourth-order valence-electron chi connectivity index (χ4n) is 2.52. The van der Waals surface area contributed by atoms with Crippen molar-refractivity contribution in [2.45, 2.75) is 19.9 Å². The standard InChI is InChI=1S/C20H27N3O4S/c1-16-10-8-9-13-19(16)27-15-17(2)21-20(24)14-23(28(25,26)22(3)4)18-11-6-5-7-12-18/h5-13,17H,14-15H2,1-4H3,(H,21,24). The summed E-state index contributed by atoms with van der Waals surface area (Å²) >= 11 is 0. The Labute approximate surface area is 167 Å². The molecule has 1 N–H and O–H groups in total. The number of nitrogens with zero attached hydrogens (tertiary/aromatic N) is 2. The van der Waals surface area contributed by atoms with Gasteiger partial charge in [-0.05, 0) is 37.6 Å². The molecule has 1 unspecified atom stereocenters. The Kier molecular flexibility index (Phi) is 7.42. The van der Waals surface area contributed by atoms with Gasteiger partial charge in [-0.2, -0.15) is 12.7 Å². The zero-order valence-corrected chi connectivity index (χ0v) is 17.4. The third-order valence-corrected chi connectivity index (χ3v) is 5.88. The summed E-state index contributed by atoms with van der Waals surface area (Å²) in [6.45, 7) is 3.72. The number of hydrogen-bond donors (Lipinski definition) is 1. The molecule has 0 aromatic heterocycles. The number of nitrogens with one attached hydrogen (secondary N) is 1. The van der Waals surface area contributed by atoms with Gasteiger partial charge in [-0.3, -0.25) is 4.79 Å². The lowest BCUT2D eigenvalue weighted by molar-refractivity contribution is -0.120. The van der Waals surface area contributed by atoms with Crippen molar-refractivity contribution in [1.82, 2.24) is 9.62 Å². The molecule has 0 bridgehead atoms. The lowest BCUT2D eigenvalue weighted by atomic mass is 10.2. The third kappa shape index (κ3) is 5.71. The van der Waals surface area contributed by atoms with Gasteiger partial charge in [0, 0.05) is 14.1 Å². The fourth-order valence-corrected chi connectivity index (χ4v) is 3.59. The SMILES string of the molecule is Cc1ccccc1OCC(C)NC(=O)CN(c1ccccc1)S(=O)(=O)N(C)C. The second-order valence-electron chi connectivity index (χ2n) is 6.68. The van der Waals surface area contributed by atoms with E-state index in [0.29, 0.717) is 5.69 Å². The van der Waals surface area contributed by atoms with E-state index in [1.807, 2.05) is 38.1 Å². The highest BCUT2D eigenvalue weighted by molar-refractivity contribution is 7.90. The smallest absolute Gasteiger partial charge is 0.304 e. The van der Waals surface area contributed by atoms with E-state index in [1.165, 1.54) is 14.1 Å². The molecular weight excluding hydrogens is 378 g/mol. The van der Waals surface area contributed by atoms with Crippen molar-refractivity contribution >= 4 is 21.8 Å². The number of ether oxygens (including phenoxy) is 1. The summed E-state index contributed by atoms with van der Waals surface area (Å²) in [6.07, 6.45) is 0. The molecule has 0 saturated carbocycles. The predicted octanol–water partition coefficient (Wildman–Crippen LogP) is 2.19. The number of carbonyl (C=O) groups excluding carboxylic acids is 1. The van der Waals surface area contributed by atoms with E-state index in [1.54, 1.807) is 30.3 Å². The molecule has 2 aromatic carbocycles. The van der Waals surface area contributed by atoms with Crippen LogP contribution < -0.4 is 14.4 Å². The molecule has 1 atom stereocenters. The van der Waals surface area contributed by atoms with Crippen molar-refractivity contribution in [1.29, 1.82) is 0 Å². The maximum atomic E-state index is 12.6. The van der Waals surface area contributed by atoms with Crippen LogP contribution in [0.15, 0.2) is 54.6 Å². The van der Waals surface area contributed by atoms with Gasteiger partial charge in [0.25, 0.3) is 0 Å². The summed E-state index contributed by atoms with van der Waals surface area (Å²) < 4.78 is 33.2. The van der Waals surface area contributed by atoms with Gasteiger partial charge in [-0.15, -0.1) is 0 Å². The first-order chi connectivity index (χ1) is 13.2. The van der Waals surface area contributed by atoms with E-state index in [9.17, 15) is 13.2 Å². The van der Waals surface area contributed by atoms with E-state index in [0.717, 1.165) is 19.9 Å². The maximum absolute atomic E-state index is 12.6. The van der Waals surface area contributed by atoms with Gasteiger partial charge in [0.1, 0.15) is 18.9 Å². The van der Waals surface area contributed by atoms with Crippen LogP contribution >= 0.6 is 0 Å². The number of para-hydroxylation sites is 2. The third-order valence-electron chi connectivity index (χ3n) is 4.06. The minimum atomic E-state index is -3.81. The lowest BCUT2D eigenvalue weighted by Gasteiger charge is -2.27. The van der Waals surface area contributed by atoms with Crippen LogP contribution in [0.3, 0.4) is 0 Å². The Balaban J connectivity index is 2.02. The van der Waals surface area contributed by atoms with Gasteiger partial charge in [-0.25, -0.2) is 4.31 Å². The monoisotopic (exact) mass is 405 g/mol. The number of hydrogen-bond acceptors (Lipinski definition) is 4. The molecule has 2 aromatic rings. The highest BCUT2D eigenvalue weighted by Gasteiger charge is 2.27. The molecule has 152 valence electrons. The number of rotatable bonds is 9. The molecule has 7 nitrogen and oxygen atoms in total. The number of benzene rings is 2. The average Bonchev–Trinajstić information content (AvgIpc) is 2.66.